The van der Waals surface area contributed by atoms with E-state index in [1.807, 2.05) is 6.07 Å². The van der Waals surface area contributed by atoms with E-state index >= 15 is 0 Å². The normalized spacial score (nSPS) is 15.1. The number of fused-ring (bicyclic) bond motifs is 13. The maximum atomic E-state index is 9.90. The quantitative estimate of drug-likeness (QED) is 0.159. The predicted molar refractivity (Wildman–Crippen MR) is 423 cm³/mol. The zero-order chi connectivity index (χ0) is 75.4. The summed E-state index contributed by atoms with van der Waals surface area (Å²) in [6, 6.07) is 77.6. The lowest BCUT2D eigenvalue weighted by Gasteiger charge is -2.43. The lowest BCUT2D eigenvalue weighted by molar-refractivity contribution is 0.452. The molecule has 0 saturated carbocycles. The van der Waals surface area contributed by atoms with Crippen molar-refractivity contribution in [1.29, 1.82) is 0 Å². The third kappa shape index (κ3) is 9.63. The molecule has 0 fully saturated rings. The fourth-order valence-electron chi connectivity index (χ4n) is 15.9. The number of ether oxygens (including phenoxy) is 1. The molecule has 0 saturated heterocycles. The third-order valence-corrected chi connectivity index (χ3v) is 21.1. The predicted octanol–water partition coefficient (Wildman–Crippen LogP) is 26.2. The van der Waals surface area contributed by atoms with Crippen LogP contribution in [0.2, 0.25) is 0 Å². The van der Waals surface area contributed by atoms with Crippen molar-refractivity contribution < 1.29 is 15.7 Å². The summed E-state index contributed by atoms with van der Waals surface area (Å²) in [5.41, 5.74) is 21.6. The van der Waals surface area contributed by atoms with Gasteiger partial charge in [0.2, 0.25) is 0 Å². The van der Waals surface area contributed by atoms with E-state index in [1.165, 1.54) is 22.3 Å². The van der Waals surface area contributed by atoms with Crippen molar-refractivity contribution >= 4 is 82.5 Å². The van der Waals surface area contributed by atoms with Crippen LogP contribution in [0.15, 0.2) is 273 Å². The molecule has 0 spiro atoms. The Hall–Kier alpha value is -11.1. The Balaban J connectivity index is 1.05. The van der Waals surface area contributed by atoms with Crippen molar-refractivity contribution in [1.82, 2.24) is 13.7 Å². The first-order chi connectivity index (χ1) is 51.5. The zero-order valence-corrected chi connectivity index (χ0v) is 58.6. The van der Waals surface area contributed by atoms with Crippen molar-refractivity contribution in [3.63, 3.8) is 0 Å². The van der Waals surface area contributed by atoms with Gasteiger partial charge in [-0.15, -0.1) is 0 Å². The highest BCUT2D eigenvalue weighted by Gasteiger charge is 2.43. The Labute approximate surface area is 598 Å². The van der Waals surface area contributed by atoms with E-state index in [0.717, 1.165) is 122 Å². The monoisotopic (exact) mass is 1300 g/mol. The van der Waals surface area contributed by atoms with E-state index < -0.39 is 42.2 Å². The minimum Gasteiger partial charge on any atom is -0.457 e. The SMILES string of the molecule is [2H]c1c([2H])c([2H])c2c(c1[2H])c1c([2H])c([2H])c([2H])c([2H])c1n2-c1ccc2c(c1)N(c1c(-c3ccccc3)cc3c(c1-c1ccccc1)c1ccccc1n3-c1ccccc1)c1cc(-n3c4ccc(C(C)(C)C)cc4c4cc(C(C)(C)C)ccc43)cc3c1C2c1cc(-c2cc(C(C)(C)C)cc(C(C)(C)C)c2)ccc1O3. The molecule has 1 atom stereocenters. The van der Waals surface area contributed by atoms with Crippen LogP contribution in [0.1, 0.15) is 139 Å². The molecule has 13 aromatic carbocycles. The maximum absolute atomic E-state index is 9.90. The molecule has 2 aliphatic rings. The van der Waals surface area contributed by atoms with Gasteiger partial charge in [-0.3, -0.25) is 0 Å². The average molecular weight is 1300 g/mol. The van der Waals surface area contributed by atoms with Crippen LogP contribution in [0.4, 0.5) is 17.1 Å². The van der Waals surface area contributed by atoms with Gasteiger partial charge < -0.3 is 23.3 Å². The fraction of sp³-hybridized carbons (Fsp3) is 0.179. The minimum atomic E-state index is -0.528. The second kappa shape index (κ2) is 22.2. The van der Waals surface area contributed by atoms with Gasteiger partial charge in [-0.05, 0) is 163 Å². The van der Waals surface area contributed by atoms with Crippen molar-refractivity contribution in [3.8, 4) is 61.9 Å². The molecule has 3 aromatic heterocycles. The summed E-state index contributed by atoms with van der Waals surface area (Å²) in [7, 11) is 0. The van der Waals surface area contributed by atoms with Crippen LogP contribution in [-0.4, -0.2) is 13.7 Å². The van der Waals surface area contributed by atoms with Crippen LogP contribution >= 0.6 is 0 Å². The second-order valence-electron chi connectivity index (χ2n) is 31.6. The van der Waals surface area contributed by atoms with Gasteiger partial charge >= 0.3 is 0 Å². The van der Waals surface area contributed by atoms with E-state index in [-0.39, 0.29) is 55.6 Å². The van der Waals surface area contributed by atoms with Crippen molar-refractivity contribution in [2.75, 3.05) is 4.90 Å². The van der Waals surface area contributed by atoms with E-state index in [4.69, 9.17) is 7.48 Å². The topological polar surface area (TPSA) is 27.3 Å². The highest BCUT2D eigenvalue weighted by atomic mass is 16.5. The van der Waals surface area contributed by atoms with Crippen LogP contribution < -0.4 is 9.64 Å². The van der Waals surface area contributed by atoms with Gasteiger partial charge in [-0.1, -0.05) is 259 Å². The Morgan fingerprint density at radius 1 is 0.330 bits per heavy atom. The number of aromatic nitrogens is 3. The Morgan fingerprint density at radius 2 is 0.860 bits per heavy atom. The van der Waals surface area contributed by atoms with Crippen molar-refractivity contribution in [2.24, 2.45) is 0 Å². The number of nitrogens with zero attached hydrogens (tertiary/aromatic N) is 4. The molecule has 0 N–H and O–H groups in total. The summed E-state index contributed by atoms with van der Waals surface area (Å²) in [6.45, 7) is 27.2. The molecule has 18 rings (SSSR count). The highest BCUT2D eigenvalue weighted by molar-refractivity contribution is 6.22. The van der Waals surface area contributed by atoms with Gasteiger partial charge in [0, 0.05) is 77.9 Å². The second-order valence-corrected chi connectivity index (χ2v) is 31.6. The largest absolute Gasteiger partial charge is 0.457 e. The van der Waals surface area contributed by atoms with E-state index in [9.17, 15) is 8.22 Å². The number of hydrogen-bond acceptors (Lipinski definition) is 2. The molecule has 16 aromatic rings. The number of para-hydroxylation sites is 4. The molecule has 2 aliphatic heterocycles. The Kier molecular flexibility index (Phi) is 11.7. The van der Waals surface area contributed by atoms with Gasteiger partial charge in [0.1, 0.15) is 11.5 Å². The molecule has 488 valence electrons. The highest BCUT2D eigenvalue weighted by Crippen LogP contribution is 2.63. The first kappa shape index (κ1) is 52.9. The number of anilines is 3. The summed E-state index contributed by atoms with van der Waals surface area (Å²) < 4.78 is 90.1. The molecule has 0 bridgehead atoms. The molecule has 0 radical (unpaired) electrons. The molecular formula is C95H82N4O. The third-order valence-electron chi connectivity index (χ3n) is 21.1. The van der Waals surface area contributed by atoms with Gasteiger partial charge in [-0.25, -0.2) is 0 Å². The van der Waals surface area contributed by atoms with Crippen molar-refractivity contribution in [2.45, 2.75) is 111 Å². The van der Waals surface area contributed by atoms with Crippen molar-refractivity contribution in [3.05, 3.63) is 312 Å². The van der Waals surface area contributed by atoms with Gasteiger partial charge in [-0.2, -0.15) is 0 Å². The van der Waals surface area contributed by atoms with Gasteiger partial charge in [0.25, 0.3) is 0 Å². The zero-order valence-electron chi connectivity index (χ0n) is 66.6. The summed E-state index contributed by atoms with van der Waals surface area (Å²) in [6.07, 6.45) is 0. The molecule has 100 heavy (non-hydrogen) atoms. The van der Waals surface area contributed by atoms with Crippen LogP contribution in [0.5, 0.6) is 11.5 Å². The number of hydrogen-bond donors (Lipinski definition) is 0. The smallest absolute Gasteiger partial charge is 0.135 e. The minimum absolute atomic E-state index is 0.00152. The van der Waals surface area contributed by atoms with Crippen LogP contribution in [-0.2, 0) is 21.7 Å². The summed E-state index contributed by atoms with van der Waals surface area (Å²) >= 11 is 0. The molecule has 1 unspecified atom stereocenters. The van der Waals surface area contributed by atoms with E-state index in [1.54, 1.807) is 4.57 Å². The fourth-order valence-corrected chi connectivity index (χ4v) is 15.9. The number of rotatable bonds is 7. The summed E-state index contributed by atoms with van der Waals surface area (Å²) in [4.78, 5) is 2.43. The van der Waals surface area contributed by atoms with Crippen LogP contribution in [0, 0.1) is 0 Å². The van der Waals surface area contributed by atoms with Crippen LogP contribution in [0.25, 0.3) is 116 Å². The van der Waals surface area contributed by atoms with Gasteiger partial charge in [0.05, 0.1) is 66.8 Å². The lowest BCUT2D eigenvalue weighted by Crippen LogP contribution is -2.26. The first-order valence-electron chi connectivity index (χ1n) is 38.9. The summed E-state index contributed by atoms with van der Waals surface area (Å²) in [5, 5.41) is 4.31. The maximum Gasteiger partial charge on any atom is 0.135 e. The molecule has 5 heteroatoms. The molecule has 5 nitrogen and oxygen atoms in total. The van der Waals surface area contributed by atoms with Gasteiger partial charge in [0.15, 0.2) is 0 Å². The Bertz CT molecular complexity index is 6360. The first-order valence-corrected chi connectivity index (χ1v) is 34.9. The lowest BCUT2D eigenvalue weighted by atomic mass is 9.76. The molecular weight excluding hydrogens is 1210 g/mol. The molecule has 0 aliphatic carbocycles. The summed E-state index contributed by atoms with van der Waals surface area (Å²) in [5.74, 6) is 0.834. The van der Waals surface area contributed by atoms with E-state index in [2.05, 4.69) is 316 Å². The van der Waals surface area contributed by atoms with Crippen LogP contribution in [0.3, 0.4) is 0 Å². The molecule has 0 amide bonds. The van der Waals surface area contributed by atoms with E-state index in [0.29, 0.717) is 17.2 Å². The number of benzene rings is 13. The average Bonchev–Trinajstić information content (AvgIpc) is 1.25. The standard InChI is InChI=1S/C95H82N4O/c1-92(2,3)62-41-45-80-74(52-62)75-53-63(93(4,5)6)42-46-81(75)98(80)68-55-83-90-86(56-68)100-85-47-40-60(61-48-64(94(7,8)9)51-65(49-61)95(10,11)12)50-76(85)88(90)72-44-43-67(97-77-37-25-22-34-69(77)70-35-23-26-38-78(70)97)54-82(72)99(83)91-73(58-28-16-13-17-29-58)57-84-89(87(91)59-30-18-14-19-31-59)71-36-24-27-39-79(71)96(84)66-32-20-15-21-33-66/h13-57,88H,1-12H3/i22D,23D,25D,26D,34D,35D,37D,38D. The Morgan fingerprint density at radius 3 is 1.47 bits per heavy atom. The molecule has 5 heterocycles.